The lowest BCUT2D eigenvalue weighted by atomic mass is 9.99. The van der Waals surface area contributed by atoms with Crippen molar-refractivity contribution in [2.45, 2.75) is 52.0 Å². The van der Waals surface area contributed by atoms with Crippen LogP contribution in [0.15, 0.2) is 0 Å². The molecule has 2 fully saturated rings. The van der Waals surface area contributed by atoms with Crippen molar-refractivity contribution in [3.05, 3.63) is 17.1 Å². The smallest absolute Gasteiger partial charge is 0.236 e. The quantitative estimate of drug-likeness (QED) is 0.804. The van der Waals surface area contributed by atoms with Crippen LogP contribution in [0.25, 0.3) is 0 Å². The first-order chi connectivity index (χ1) is 14.4. The summed E-state index contributed by atoms with van der Waals surface area (Å²) in [5.74, 6) is 2.99. The number of anilines is 1. The van der Waals surface area contributed by atoms with Crippen molar-refractivity contribution in [1.29, 1.82) is 0 Å². The van der Waals surface area contributed by atoms with Crippen LogP contribution in [0.2, 0.25) is 0 Å². The molecule has 0 radical (unpaired) electrons. The highest BCUT2D eigenvalue weighted by Crippen LogP contribution is 2.30. The Morgan fingerprint density at radius 3 is 2.47 bits per heavy atom. The normalized spacial score (nSPS) is 22.8. The van der Waals surface area contributed by atoms with E-state index >= 15 is 0 Å². The van der Waals surface area contributed by atoms with E-state index in [0.29, 0.717) is 19.6 Å². The van der Waals surface area contributed by atoms with Crippen LogP contribution in [-0.2, 0) is 22.6 Å². The number of piperidine rings is 1. The average molecular weight is 415 g/mol. The van der Waals surface area contributed by atoms with Crippen LogP contribution in [0.3, 0.4) is 0 Å². The molecule has 1 atom stereocenters. The Bertz CT molecular complexity index is 788. The number of fused-ring (bicyclic) bond motifs is 1. The fourth-order valence-electron chi connectivity index (χ4n) is 4.82. The average Bonchev–Trinajstić information content (AvgIpc) is 3.24. The van der Waals surface area contributed by atoms with Gasteiger partial charge >= 0.3 is 0 Å². The van der Waals surface area contributed by atoms with Gasteiger partial charge < -0.3 is 15.1 Å². The summed E-state index contributed by atoms with van der Waals surface area (Å²) in [6, 6.07) is 0. The third kappa shape index (κ3) is 4.43. The Balaban J connectivity index is 1.43. The Labute approximate surface area is 179 Å². The predicted octanol–water partition coefficient (Wildman–Crippen LogP) is 1.47. The first kappa shape index (κ1) is 21.0. The minimum Gasteiger partial charge on any atom is -0.373 e. The molecule has 0 spiro atoms. The van der Waals surface area contributed by atoms with Gasteiger partial charge in [-0.15, -0.1) is 0 Å². The van der Waals surface area contributed by atoms with Gasteiger partial charge in [0.05, 0.1) is 12.2 Å². The maximum atomic E-state index is 12.8. The maximum Gasteiger partial charge on any atom is 0.236 e. The fraction of sp³-hybridized carbons (Fsp3) is 0.727. The number of carbonyl (C=O) groups is 2. The van der Waals surface area contributed by atoms with E-state index < -0.39 is 0 Å². The van der Waals surface area contributed by atoms with Gasteiger partial charge in [-0.05, 0) is 25.2 Å². The summed E-state index contributed by atoms with van der Waals surface area (Å²) in [6.07, 6.45) is 3.96. The van der Waals surface area contributed by atoms with Crippen LogP contribution >= 0.6 is 0 Å². The minimum absolute atomic E-state index is 0.118. The molecule has 4 heterocycles. The summed E-state index contributed by atoms with van der Waals surface area (Å²) in [4.78, 5) is 40.3. The number of nitrogens with one attached hydrogen (secondary N) is 1. The third-order valence-electron chi connectivity index (χ3n) is 6.89. The summed E-state index contributed by atoms with van der Waals surface area (Å²) in [5, 5.41) is 3.24. The molecular formula is C22H34N6O2. The molecule has 0 bridgehead atoms. The van der Waals surface area contributed by atoms with Crippen molar-refractivity contribution in [2.24, 2.45) is 5.92 Å². The van der Waals surface area contributed by atoms with Gasteiger partial charge in [0, 0.05) is 71.1 Å². The van der Waals surface area contributed by atoms with E-state index in [2.05, 4.69) is 17.1 Å². The van der Waals surface area contributed by atoms with Gasteiger partial charge in [-0.1, -0.05) is 6.92 Å². The van der Waals surface area contributed by atoms with Crippen molar-refractivity contribution in [1.82, 2.24) is 24.7 Å². The molecule has 2 saturated heterocycles. The van der Waals surface area contributed by atoms with Crippen LogP contribution in [0.1, 0.15) is 56.1 Å². The first-order valence-electron chi connectivity index (χ1n) is 11.3. The number of likely N-dealkylation sites (tertiary alicyclic amines) is 2. The largest absolute Gasteiger partial charge is 0.373 e. The van der Waals surface area contributed by atoms with Gasteiger partial charge in [0.15, 0.2) is 0 Å². The van der Waals surface area contributed by atoms with E-state index in [4.69, 9.17) is 9.97 Å². The lowest BCUT2D eigenvalue weighted by Crippen LogP contribution is -2.45. The molecule has 1 unspecified atom stereocenters. The minimum atomic E-state index is 0.118. The van der Waals surface area contributed by atoms with Crippen molar-refractivity contribution < 1.29 is 9.59 Å². The zero-order valence-corrected chi connectivity index (χ0v) is 18.5. The van der Waals surface area contributed by atoms with Gasteiger partial charge in [0.25, 0.3) is 0 Å². The molecule has 1 N–H and O–H groups in total. The maximum absolute atomic E-state index is 12.8. The van der Waals surface area contributed by atoms with E-state index in [1.165, 1.54) is 0 Å². The standard InChI is InChI=1S/C22H34N6O2/c1-15-4-9-27(10-5-15)20(30)14-26-8-7-19-18(13-26)22(23-3)25-21(24-19)17-6-11-28(12-17)16(2)29/h15,17H,4-14H2,1-3H3,(H,23,24,25). The van der Waals surface area contributed by atoms with E-state index in [1.807, 2.05) is 16.8 Å². The predicted molar refractivity (Wildman–Crippen MR) is 115 cm³/mol. The summed E-state index contributed by atoms with van der Waals surface area (Å²) in [5.41, 5.74) is 2.19. The van der Waals surface area contributed by atoms with Crippen molar-refractivity contribution in [3.8, 4) is 0 Å². The van der Waals surface area contributed by atoms with Crippen LogP contribution in [0.5, 0.6) is 0 Å². The molecule has 4 rings (SSSR count). The van der Waals surface area contributed by atoms with Crippen molar-refractivity contribution in [2.75, 3.05) is 51.6 Å². The molecule has 1 aromatic heterocycles. The molecular weight excluding hydrogens is 380 g/mol. The number of nitrogens with zero attached hydrogens (tertiary/aromatic N) is 5. The molecule has 3 aliphatic heterocycles. The number of aromatic nitrogens is 2. The van der Waals surface area contributed by atoms with Crippen LogP contribution in [-0.4, -0.2) is 82.8 Å². The molecule has 0 aliphatic carbocycles. The van der Waals surface area contributed by atoms with Crippen LogP contribution < -0.4 is 5.32 Å². The molecule has 30 heavy (non-hydrogen) atoms. The second-order valence-corrected chi connectivity index (χ2v) is 9.08. The Kier molecular flexibility index (Phi) is 6.22. The van der Waals surface area contributed by atoms with E-state index in [-0.39, 0.29) is 17.7 Å². The summed E-state index contributed by atoms with van der Waals surface area (Å²) >= 11 is 0. The van der Waals surface area contributed by atoms with Crippen molar-refractivity contribution in [3.63, 3.8) is 0 Å². The van der Waals surface area contributed by atoms with Gasteiger partial charge in [0.1, 0.15) is 11.6 Å². The van der Waals surface area contributed by atoms with E-state index in [0.717, 1.165) is 80.7 Å². The Morgan fingerprint density at radius 2 is 1.80 bits per heavy atom. The number of hydrogen-bond donors (Lipinski definition) is 1. The van der Waals surface area contributed by atoms with Crippen molar-refractivity contribution >= 4 is 17.6 Å². The molecule has 164 valence electrons. The summed E-state index contributed by atoms with van der Waals surface area (Å²) < 4.78 is 0. The Morgan fingerprint density at radius 1 is 1.07 bits per heavy atom. The highest BCUT2D eigenvalue weighted by Gasteiger charge is 2.31. The van der Waals surface area contributed by atoms with Gasteiger partial charge in [-0.2, -0.15) is 0 Å². The SMILES string of the molecule is CNc1nc(C2CCN(C(C)=O)C2)nc2c1CN(CC(=O)N1CCC(C)CC1)CC2. The molecule has 1 aromatic rings. The molecule has 8 heteroatoms. The van der Waals surface area contributed by atoms with Gasteiger partial charge in [0.2, 0.25) is 11.8 Å². The van der Waals surface area contributed by atoms with E-state index in [1.54, 1.807) is 6.92 Å². The highest BCUT2D eigenvalue weighted by molar-refractivity contribution is 5.78. The lowest BCUT2D eigenvalue weighted by Gasteiger charge is -2.34. The van der Waals surface area contributed by atoms with E-state index in [9.17, 15) is 9.59 Å². The third-order valence-corrected chi connectivity index (χ3v) is 6.89. The lowest BCUT2D eigenvalue weighted by molar-refractivity contribution is -0.134. The molecule has 0 aromatic carbocycles. The number of hydrogen-bond acceptors (Lipinski definition) is 6. The second kappa shape index (κ2) is 8.88. The monoisotopic (exact) mass is 414 g/mol. The number of amides is 2. The first-order valence-corrected chi connectivity index (χ1v) is 11.3. The molecule has 2 amide bonds. The summed E-state index contributed by atoms with van der Waals surface area (Å²) in [7, 11) is 1.89. The molecule has 8 nitrogen and oxygen atoms in total. The zero-order valence-electron chi connectivity index (χ0n) is 18.5. The molecule has 3 aliphatic rings. The zero-order chi connectivity index (χ0) is 21.3. The topological polar surface area (TPSA) is 81.7 Å². The molecule has 0 saturated carbocycles. The second-order valence-electron chi connectivity index (χ2n) is 9.08. The highest BCUT2D eigenvalue weighted by atomic mass is 16.2. The van der Waals surface area contributed by atoms with Gasteiger partial charge in [-0.25, -0.2) is 9.97 Å². The number of rotatable bonds is 4. The fourth-order valence-corrected chi connectivity index (χ4v) is 4.82. The number of carbonyl (C=O) groups excluding carboxylic acids is 2. The van der Waals surface area contributed by atoms with Gasteiger partial charge in [-0.3, -0.25) is 14.5 Å². The van der Waals surface area contributed by atoms with Crippen LogP contribution in [0.4, 0.5) is 5.82 Å². The van der Waals surface area contributed by atoms with Crippen LogP contribution in [0, 0.1) is 5.92 Å². The summed E-state index contributed by atoms with van der Waals surface area (Å²) in [6.45, 7) is 9.14. The Hall–Kier alpha value is -2.22.